The van der Waals surface area contributed by atoms with Gasteiger partial charge in [-0.25, -0.2) is 0 Å². The molecule has 0 heterocycles. The van der Waals surface area contributed by atoms with Crippen molar-refractivity contribution in [3.05, 3.63) is 28.7 Å². The van der Waals surface area contributed by atoms with E-state index in [9.17, 15) is 0 Å². The summed E-state index contributed by atoms with van der Waals surface area (Å²) in [7, 11) is 0. The van der Waals surface area contributed by atoms with Gasteiger partial charge in [-0.15, -0.1) is 0 Å². The average molecular weight is 288 g/mol. The second kappa shape index (κ2) is 8.56. The Morgan fingerprint density at radius 2 is 1.88 bits per heavy atom. The molecule has 0 saturated heterocycles. The van der Waals surface area contributed by atoms with Crippen LogP contribution in [0.1, 0.15) is 6.92 Å². The van der Waals surface area contributed by atoms with Crippen LogP contribution in [0.4, 0.5) is 0 Å². The average Bonchev–Trinajstić information content (AvgIpc) is 2.30. The predicted molar refractivity (Wildman–Crippen MR) is 69.0 cm³/mol. The van der Waals surface area contributed by atoms with Crippen LogP contribution < -0.4 is 10.1 Å². The number of rotatable bonds is 8. The van der Waals surface area contributed by atoms with Crippen molar-refractivity contribution >= 4 is 15.9 Å². The van der Waals surface area contributed by atoms with Gasteiger partial charge in [0.05, 0.1) is 13.2 Å². The minimum absolute atomic E-state index is 0.591. The van der Waals surface area contributed by atoms with E-state index in [1.54, 1.807) is 0 Å². The number of ether oxygens (including phenoxy) is 2. The highest BCUT2D eigenvalue weighted by atomic mass is 79.9. The molecule has 1 rings (SSSR count). The molecule has 1 aromatic rings. The summed E-state index contributed by atoms with van der Waals surface area (Å²) in [6.07, 6.45) is 0. The van der Waals surface area contributed by atoms with Crippen LogP contribution >= 0.6 is 15.9 Å². The summed E-state index contributed by atoms with van der Waals surface area (Å²) in [5, 5.41) is 3.19. The third-order valence-corrected chi connectivity index (χ3v) is 2.51. The highest BCUT2D eigenvalue weighted by molar-refractivity contribution is 9.10. The Labute approximate surface area is 105 Å². The van der Waals surface area contributed by atoms with Gasteiger partial charge < -0.3 is 14.8 Å². The molecule has 0 amide bonds. The Bertz CT molecular complexity index is 277. The van der Waals surface area contributed by atoms with Gasteiger partial charge >= 0.3 is 0 Å². The number of hydrogen-bond acceptors (Lipinski definition) is 3. The summed E-state index contributed by atoms with van der Waals surface area (Å²) in [6, 6.07) is 7.79. The second-order valence-electron chi connectivity index (χ2n) is 3.27. The van der Waals surface area contributed by atoms with Crippen molar-refractivity contribution in [2.75, 3.05) is 32.9 Å². The molecule has 3 nitrogen and oxygen atoms in total. The summed E-state index contributed by atoms with van der Waals surface area (Å²) < 4.78 is 11.9. The zero-order valence-electron chi connectivity index (χ0n) is 9.54. The monoisotopic (exact) mass is 287 g/mol. The third kappa shape index (κ3) is 6.10. The standard InChI is InChI=1S/C12H18BrNO2/c1-2-14-7-8-15-9-10-16-12-5-3-11(13)4-6-12/h3-6,14H,2,7-10H2,1H3. The van der Waals surface area contributed by atoms with E-state index < -0.39 is 0 Å². The zero-order valence-corrected chi connectivity index (χ0v) is 11.1. The molecule has 0 unspecified atom stereocenters. The Morgan fingerprint density at radius 1 is 1.12 bits per heavy atom. The zero-order chi connectivity index (χ0) is 11.6. The summed E-state index contributed by atoms with van der Waals surface area (Å²) in [6.45, 7) is 5.91. The molecule has 0 aliphatic carbocycles. The van der Waals surface area contributed by atoms with Crippen LogP contribution in [0.15, 0.2) is 28.7 Å². The highest BCUT2D eigenvalue weighted by Gasteiger charge is 1.93. The number of benzene rings is 1. The molecule has 0 aliphatic heterocycles. The molecule has 0 bridgehead atoms. The van der Waals surface area contributed by atoms with E-state index in [1.807, 2.05) is 24.3 Å². The first-order valence-electron chi connectivity index (χ1n) is 5.49. The van der Waals surface area contributed by atoms with Gasteiger partial charge in [0.1, 0.15) is 12.4 Å². The normalized spacial score (nSPS) is 10.4. The van der Waals surface area contributed by atoms with E-state index in [1.165, 1.54) is 0 Å². The van der Waals surface area contributed by atoms with Crippen molar-refractivity contribution in [3.8, 4) is 5.75 Å². The van der Waals surface area contributed by atoms with E-state index in [-0.39, 0.29) is 0 Å². The van der Waals surface area contributed by atoms with Crippen LogP contribution in [-0.2, 0) is 4.74 Å². The van der Waals surface area contributed by atoms with Crippen LogP contribution in [-0.4, -0.2) is 32.9 Å². The van der Waals surface area contributed by atoms with E-state index in [0.29, 0.717) is 13.2 Å². The van der Waals surface area contributed by atoms with Crippen LogP contribution in [0.2, 0.25) is 0 Å². The first-order valence-corrected chi connectivity index (χ1v) is 6.29. The Morgan fingerprint density at radius 3 is 2.56 bits per heavy atom. The first kappa shape index (κ1) is 13.5. The lowest BCUT2D eigenvalue weighted by Gasteiger charge is -2.07. The van der Waals surface area contributed by atoms with Gasteiger partial charge in [-0.1, -0.05) is 22.9 Å². The van der Waals surface area contributed by atoms with Crippen LogP contribution in [0.25, 0.3) is 0 Å². The molecule has 0 atom stereocenters. The fourth-order valence-corrected chi connectivity index (χ4v) is 1.44. The van der Waals surface area contributed by atoms with Crippen LogP contribution in [0.3, 0.4) is 0 Å². The minimum Gasteiger partial charge on any atom is -0.491 e. The predicted octanol–water partition coefficient (Wildman–Crippen LogP) is 2.45. The molecule has 1 N–H and O–H groups in total. The van der Waals surface area contributed by atoms with Crippen molar-refractivity contribution in [2.24, 2.45) is 0 Å². The van der Waals surface area contributed by atoms with Crippen molar-refractivity contribution in [3.63, 3.8) is 0 Å². The number of nitrogens with one attached hydrogen (secondary N) is 1. The van der Waals surface area contributed by atoms with Gasteiger partial charge in [-0.05, 0) is 30.8 Å². The largest absolute Gasteiger partial charge is 0.491 e. The smallest absolute Gasteiger partial charge is 0.119 e. The molecule has 90 valence electrons. The fraction of sp³-hybridized carbons (Fsp3) is 0.500. The van der Waals surface area contributed by atoms with Crippen LogP contribution in [0.5, 0.6) is 5.75 Å². The lowest BCUT2D eigenvalue weighted by Crippen LogP contribution is -2.20. The molecule has 0 spiro atoms. The summed E-state index contributed by atoms with van der Waals surface area (Å²) in [5.41, 5.74) is 0. The van der Waals surface area contributed by atoms with Crippen molar-refractivity contribution in [1.29, 1.82) is 0 Å². The molecule has 0 aromatic heterocycles. The van der Waals surface area contributed by atoms with Crippen molar-refractivity contribution in [1.82, 2.24) is 5.32 Å². The molecule has 0 aliphatic rings. The SMILES string of the molecule is CCNCCOCCOc1ccc(Br)cc1. The summed E-state index contributed by atoms with van der Waals surface area (Å²) >= 11 is 3.38. The second-order valence-corrected chi connectivity index (χ2v) is 4.18. The molecule has 16 heavy (non-hydrogen) atoms. The number of likely N-dealkylation sites (N-methyl/N-ethyl adjacent to an activating group) is 1. The molecule has 0 fully saturated rings. The van der Waals surface area contributed by atoms with E-state index in [2.05, 4.69) is 28.2 Å². The third-order valence-electron chi connectivity index (χ3n) is 1.98. The highest BCUT2D eigenvalue weighted by Crippen LogP contribution is 2.15. The maximum Gasteiger partial charge on any atom is 0.119 e. The Balaban J connectivity index is 2.01. The molecule has 0 radical (unpaired) electrons. The molecular weight excluding hydrogens is 270 g/mol. The lowest BCUT2D eigenvalue weighted by atomic mass is 10.3. The van der Waals surface area contributed by atoms with Gasteiger partial charge in [0.25, 0.3) is 0 Å². The van der Waals surface area contributed by atoms with Gasteiger partial charge in [-0.3, -0.25) is 0 Å². The number of hydrogen-bond donors (Lipinski definition) is 1. The minimum atomic E-state index is 0.591. The molecule has 1 aromatic carbocycles. The van der Waals surface area contributed by atoms with Crippen molar-refractivity contribution in [2.45, 2.75) is 6.92 Å². The topological polar surface area (TPSA) is 30.5 Å². The van der Waals surface area contributed by atoms with Crippen molar-refractivity contribution < 1.29 is 9.47 Å². The molecule has 0 saturated carbocycles. The summed E-state index contributed by atoms with van der Waals surface area (Å²) in [4.78, 5) is 0. The first-order chi connectivity index (χ1) is 7.83. The Kier molecular flexibility index (Phi) is 7.21. The molecular formula is C12H18BrNO2. The number of halogens is 1. The Hall–Kier alpha value is -0.580. The van der Waals surface area contributed by atoms with Gasteiger partial charge in [-0.2, -0.15) is 0 Å². The van der Waals surface area contributed by atoms with Gasteiger partial charge in [0.2, 0.25) is 0 Å². The molecule has 4 heteroatoms. The van der Waals surface area contributed by atoms with Crippen LogP contribution in [0, 0.1) is 0 Å². The maximum absolute atomic E-state index is 5.50. The lowest BCUT2D eigenvalue weighted by molar-refractivity contribution is 0.102. The summed E-state index contributed by atoms with van der Waals surface area (Å²) in [5.74, 6) is 0.874. The van der Waals surface area contributed by atoms with E-state index in [0.717, 1.165) is 29.9 Å². The van der Waals surface area contributed by atoms with E-state index >= 15 is 0 Å². The maximum atomic E-state index is 5.50. The van der Waals surface area contributed by atoms with E-state index in [4.69, 9.17) is 9.47 Å². The quantitative estimate of drug-likeness (QED) is 0.745. The van der Waals surface area contributed by atoms with Gasteiger partial charge in [0, 0.05) is 11.0 Å². The fourth-order valence-electron chi connectivity index (χ4n) is 1.17. The van der Waals surface area contributed by atoms with Gasteiger partial charge in [0.15, 0.2) is 0 Å².